The van der Waals surface area contributed by atoms with E-state index in [2.05, 4.69) is 16.0 Å². The van der Waals surface area contributed by atoms with Gasteiger partial charge < -0.3 is 9.80 Å². The van der Waals surface area contributed by atoms with Crippen molar-refractivity contribution in [1.29, 1.82) is 5.26 Å². The summed E-state index contributed by atoms with van der Waals surface area (Å²) >= 11 is 1.61. The van der Waals surface area contributed by atoms with Gasteiger partial charge in [-0.3, -0.25) is 4.79 Å². The van der Waals surface area contributed by atoms with E-state index in [-0.39, 0.29) is 5.91 Å². The number of hydrogen-bond acceptors (Lipinski definition) is 6. The predicted octanol–water partition coefficient (Wildman–Crippen LogP) is 2.97. The number of nitriles is 1. The van der Waals surface area contributed by atoms with Gasteiger partial charge in [0.15, 0.2) is 0 Å². The predicted molar refractivity (Wildman–Crippen MR) is 106 cm³/mol. The van der Waals surface area contributed by atoms with E-state index < -0.39 is 0 Å². The summed E-state index contributed by atoms with van der Waals surface area (Å²) in [5.74, 6) is 1.77. The van der Waals surface area contributed by atoms with Gasteiger partial charge >= 0.3 is 0 Å². The second-order valence-corrected chi connectivity index (χ2v) is 7.40. The highest BCUT2D eigenvalue weighted by molar-refractivity contribution is 7.16. The summed E-state index contributed by atoms with van der Waals surface area (Å²) in [7, 11) is 0. The van der Waals surface area contributed by atoms with Crippen molar-refractivity contribution in [3.63, 3.8) is 0 Å². The summed E-state index contributed by atoms with van der Waals surface area (Å²) in [5, 5.41) is 11.9. The molecule has 0 bridgehead atoms. The molecule has 0 unspecified atom stereocenters. The molecule has 0 atom stereocenters. The van der Waals surface area contributed by atoms with Gasteiger partial charge in [-0.2, -0.15) is 5.26 Å². The van der Waals surface area contributed by atoms with Crippen LogP contribution in [0.4, 0.5) is 5.82 Å². The lowest BCUT2D eigenvalue weighted by atomic mass is 10.1. The Hall–Kier alpha value is -2.98. The minimum absolute atomic E-state index is 0.0886. The van der Waals surface area contributed by atoms with Gasteiger partial charge in [-0.15, -0.1) is 11.3 Å². The Morgan fingerprint density at radius 2 is 2.00 bits per heavy atom. The van der Waals surface area contributed by atoms with Gasteiger partial charge in [0.1, 0.15) is 16.5 Å². The molecular formula is C20H19N5OS. The third-order valence-electron chi connectivity index (χ3n) is 4.74. The van der Waals surface area contributed by atoms with E-state index in [4.69, 9.17) is 10.2 Å². The monoisotopic (exact) mass is 377 g/mol. The third kappa shape index (κ3) is 3.49. The molecule has 1 fully saturated rings. The number of amides is 1. The van der Waals surface area contributed by atoms with Gasteiger partial charge in [0.25, 0.3) is 0 Å². The average molecular weight is 377 g/mol. The number of aromatic nitrogens is 2. The van der Waals surface area contributed by atoms with E-state index in [9.17, 15) is 4.79 Å². The van der Waals surface area contributed by atoms with E-state index >= 15 is 0 Å². The Labute approximate surface area is 161 Å². The summed E-state index contributed by atoms with van der Waals surface area (Å²) in [6, 6.07) is 11.5. The molecule has 3 aromatic rings. The van der Waals surface area contributed by atoms with Gasteiger partial charge in [0.2, 0.25) is 5.91 Å². The smallest absolute Gasteiger partial charge is 0.242 e. The van der Waals surface area contributed by atoms with Crippen LogP contribution in [-0.2, 0) is 17.8 Å². The van der Waals surface area contributed by atoms with Crippen molar-refractivity contribution in [1.82, 2.24) is 14.9 Å². The Balaban J connectivity index is 1.51. The van der Waals surface area contributed by atoms with Gasteiger partial charge in [0.05, 0.1) is 23.6 Å². The molecule has 1 saturated heterocycles. The van der Waals surface area contributed by atoms with E-state index in [1.807, 2.05) is 35.4 Å². The fourth-order valence-corrected chi connectivity index (χ4v) is 4.02. The van der Waals surface area contributed by atoms with Crippen molar-refractivity contribution in [3.05, 3.63) is 52.7 Å². The number of fused-ring (bicyclic) bond motifs is 1. The van der Waals surface area contributed by atoms with Crippen LogP contribution in [0.1, 0.15) is 23.9 Å². The highest BCUT2D eigenvalue weighted by Gasteiger charge is 2.26. The van der Waals surface area contributed by atoms with Crippen LogP contribution in [0.3, 0.4) is 0 Å². The van der Waals surface area contributed by atoms with Crippen LogP contribution in [0, 0.1) is 11.3 Å². The van der Waals surface area contributed by atoms with Crippen molar-refractivity contribution in [2.45, 2.75) is 19.9 Å². The average Bonchev–Trinajstić information content (AvgIpc) is 3.18. The lowest BCUT2D eigenvalue weighted by Gasteiger charge is -2.35. The maximum atomic E-state index is 12.7. The number of hydrogen-bond donors (Lipinski definition) is 0. The first-order chi connectivity index (χ1) is 13.2. The number of carbonyl (C=O) groups excluding carboxylic acids is 1. The van der Waals surface area contributed by atoms with Crippen LogP contribution in [-0.4, -0.2) is 40.4 Å². The SMILES string of the molecule is CCc1nc(N2CCN(Cc3ccc(C#N)cc3)C(=O)C2)c2ccsc2n1. The first-order valence-corrected chi connectivity index (χ1v) is 9.81. The molecule has 6 nitrogen and oxygen atoms in total. The zero-order valence-electron chi connectivity index (χ0n) is 15.1. The van der Waals surface area contributed by atoms with Crippen molar-refractivity contribution in [2.75, 3.05) is 24.5 Å². The maximum absolute atomic E-state index is 12.7. The molecule has 4 rings (SSSR count). The highest BCUT2D eigenvalue weighted by atomic mass is 32.1. The van der Waals surface area contributed by atoms with Crippen LogP contribution in [0.2, 0.25) is 0 Å². The fraction of sp³-hybridized carbons (Fsp3) is 0.300. The van der Waals surface area contributed by atoms with E-state index in [0.717, 1.165) is 40.4 Å². The van der Waals surface area contributed by atoms with Crippen LogP contribution >= 0.6 is 11.3 Å². The number of thiophene rings is 1. The number of carbonyl (C=O) groups is 1. The van der Waals surface area contributed by atoms with Crippen molar-refractivity contribution in [3.8, 4) is 6.07 Å². The molecule has 0 saturated carbocycles. The maximum Gasteiger partial charge on any atom is 0.242 e. The number of benzene rings is 1. The first-order valence-electron chi connectivity index (χ1n) is 8.94. The lowest BCUT2D eigenvalue weighted by molar-refractivity contribution is -0.131. The van der Waals surface area contributed by atoms with Crippen LogP contribution in [0.25, 0.3) is 10.2 Å². The van der Waals surface area contributed by atoms with Crippen molar-refractivity contribution in [2.24, 2.45) is 0 Å². The molecule has 2 aromatic heterocycles. The van der Waals surface area contributed by atoms with Crippen LogP contribution in [0.5, 0.6) is 0 Å². The lowest BCUT2D eigenvalue weighted by Crippen LogP contribution is -2.50. The Morgan fingerprint density at radius 1 is 1.19 bits per heavy atom. The highest BCUT2D eigenvalue weighted by Crippen LogP contribution is 2.29. The molecule has 1 aromatic carbocycles. The van der Waals surface area contributed by atoms with E-state index in [0.29, 0.717) is 25.2 Å². The number of piperazine rings is 1. The molecule has 1 aliphatic heterocycles. The van der Waals surface area contributed by atoms with Crippen molar-refractivity contribution >= 4 is 33.3 Å². The summed E-state index contributed by atoms with van der Waals surface area (Å²) < 4.78 is 0. The molecule has 0 spiro atoms. The Bertz CT molecular complexity index is 1020. The molecule has 3 heterocycles. The molecule has 0 N–H and O–H groups in total. The van der Waals surface area contributed by atoms with Crippen molar-refractivity contribution < 1.29 is 4.79 Å². The zero-order valence-corrected chi connectivity index (χ0v) is 15.9. The van der Waals surface area contributed by atoms with Gasteiger partial charge in [-0.25, -0.2) is 9.97 Å². The molecular weight excluding hydrogens is 358 g/mol. The van der Waals surface area contributed by atoms with Crippen LogP contribution in [0.15, 0.2) is 35.7 Å². The summed E-state index contributed by atoms with van der Waals surface area (Å²) in [6.07, 6.45) is 0.771. The topological polar surface area (TPSA) is 73.1 Å². The van der Waals surface area contributed by atoms with Gasteiger partial charge in [-0.05, 0) is 29.1 Å². The largest absolute Gasteiger partial charge is 0.345 e. The Morgan fingerprint density at radius 3 is 2.70 bits per heavy atom. The first kappa shape index (κ1) is 17.4. The molecule has 0 radical (unpaired) electrons. The summed E-state index contributed by atoms with van der Waals surface area (Å²) in [4.78, 5) is 26.9. The normalized spacial score (nSPS) is 14.6. The zero-order chi connectivity index (χ0) is 18.8. The molecule has 136 valence electrons. The number of rotatable bonds is 4. The summed E-state index contributed by atoms with van der Waals surface area (Å²) in [5.41, 5.74) is 1.66. The fourth-order valence-electron chi connectivity index (χ4n) is 3.24. The molecule has 0 aliphatic carbocycles. The number of nitrogens with zero attached hydrogens (tertiary/aromatic N) is 5. The van der Waals surface area contributed by atoms with Gasteiger partial charge in [0, 0.05) is 26.1 Å². The number of anilines is 1. The number of aryl methyl sites for hydroxylation is 1. The summed E-state index contributed by atoms with van der Waals surface area (Å²) in [6.45, 7) is 4.32. The van der Waals surface area contributed by atoms with Crippen LogP contribution < -0.4 is 4.90 Å². The second-order valence-electron chi connectivity index (χ2n) is 6.50. The standard InChI is InChI=1S/C20H19N5OS/c1-2-17-22-19(16-7-10-27-20(16)23-17)25-9-8-24(18(26)13-25)12-15-5-3-14(11-21)4-6-15/h3-7,10H,2,8-9,12-13H2,1H3. The van der Waals surface area contributed by atoms with Gasteiger partial charge in [-0.1, -0.05) is 19.1 Å². The third-order valence-corrected chi connectivity index (χ3v) is 5.55. The molecule has 27 heavy (non-hydrogen) atoms. The van der Waals surface area contributed by atoms with E-state index in [1.165, 1.54) is 0 Å². The molecule has 1 aliphatic rings. The van der Waals surface area contributed by atoms with E-state index in [1.54, 1.807) is 23.5 Å². The quantitative estimate of drug-likeness (QED) is 0.699. The molecule has 1 amide bonds. The molecule has 7 heteroatoms. The Kier molecular flexibility index (Phi) is 4.73. The second kappa shape index (κ2) is 7.33. The minimum Gasteiger partial charge on any atom is -0.345 e. The minimum atomic E-state index is 0.0886.